The molecule has 0 spiro atoms. The molecule has 4 nitrogen and oxygen atoms in total. The smallest absolute Gasteiger partial charge is 0.315 e. The molecule has 2 fully saturated rings. The van der Waals surface area contributed by atoms with Crippen LogP contribution in [0.25, 0.3) is 0 Å². The highest BCUT2D eigenvalue weighted by Gasteiger charge is 2.34. The molecule has 1 aromatic rings. The third-order valence-corrected chi connectivity index (χ3v) is 4.79. The van der Waals surface area contributed by atoms with E-state index in [2.05, 4.69) is 15.6 Å². The lowest BCUT2D eigenvalue weighted by Crippen LogP contribution is -2.44. The number of hydrogen-bond donors (Lipinski definition) is 2. The third-order valence-electron chi connectivity index (χ3n) is 4.79. The van der Waals surface area contributed by atoms with Gasteiger partial charge in [-0.15, -0.1) is 0 Å². The first-order chi connectivity index (χ1) is 10.3. The van der Waals surface area contributed by atoms with Gasteiger partial charge in [0.15, 0.2) is 0 Å². The van der Waals surface area contributed by atoms with E-state index in [9.17, 15) is 4.79 Å². The Morgan fingerprint density at radius 2 is 1.95 bits per heavy atom. The van der Waals surface area contributed by atoms with Crippen LogP contribution in [0.4, 0.5) is 4.79 Å². The first kappa shape index (κ1) is 14.4. The van der Waals surface area contributed by atoms with Gasteiger partial charge in [0, 0.05) is 25.0 Å². The van der Waals surface area contributed by atoms with Gasteiger partial charge in [-0.05, 0) is 61.6 Å². The van der Waals surface area contributed by atoms with Crippen LogP contribution in [0.15, 0.2) is 24.5 Å². The molecule has 2 N–H and O–H groups in total. The molecule has 1 aromatic heterocycles. The molecular weight excluding hydrogens is 262 g/mol. The summed E-state index contributed by atoms with van der Waals surface area (Å²) in [6.07, 6.45) is 12.2. The number of urea groups is 1. The molecule has 2 amide bonds. The van der Waals surface area contributed by atoms with Crippen LogP contribution in [0.2, 0.25) is 0 Å². The average Bonchev–Trinajstić information content (AvgIpc) is 3.33. The molecule has 2 aliphatic rings. The number of aromatic nitrogens is 1. The Balaban J connectivity index is 1.35. The summed E-state index contributed by atoms with van der Waals surface area (Å²) in [7, 11) is 0. The number of nitrogens with zero attached hydrogens (tertiary/aromatic N) is 1. The van der Waals surface area contributed by atoms with Crippen LogP contribution in [0.5, 0.6) is 0 Å². The van der Waals surface area contributed by atoms with E-state index in [0.29, 0.717) is 12.6 Å². The molecular formula is C17H25N3O. The van der Waals surface area contributed by atoms with Gasteiger partial charge in [-0.1, -0.05) is 12.8 Å². The Labute approximate surface area is 126 Å². The van der Waals surface area contributed by atoms with Gasteiger partial charge in [0.1, 0.15) is 0 Å². The number of hydrogen-bond acceptors (Lipinski definition) is 2. The van der Waals surface area contributed by atoms with E-state index in [0.717, 1.165) is 24.7 Å². The Morgan fingerprint density at radius 1 is 1.14 bits per heavy atom. The van der Waals surface area contributed by atoms with Crippen LogP contribution in [0.3, 0.4) is 0 Å². The summed E-state index contributed by atoms with van der Waals surface area (Å²) < 4.78 is 0. The molecule has 0 aromatic carbocycles. The second-order valence-corrected chi connectivity index (χ2v) is 6.47. The zero-order valence-electron chi connectivity index (χ0n) is 12.6. The SMILES string of the molecule is O=C(NCCc1ccncc1)NC1CCCC(C2CC2)C1. The topological polar surface area (TPSA) is 54.0 Å². The number of carbonyl (C=O) groups excluding carboxylic acids is 1. The van der Waals surface area contributed by atoms with Crippen LogP contribution in [0.1, 0.15) is 44.1 Å². The van der Waals surface area contributed by atoms with Crippen LogP contribution >= 0.6 is 0 Å². The molecule has 2 unspecified atom stereocenters. The lowest BCUT2D eigenvalue weighted by molar-refractivity contribution is 0.221. The van der Waals surface area contributed by atoms with Crippen LogP contribution < -0.4 is 10.6 Å². The standard InChI is InChI=1S/C17H25N3O/c21-17(19-11-8-13-6-9-18-10-7-13)20-16-3-1-2-15(12-16)14-4-5-14/h6-7,9-10,14-16H,1-5,8,11-12H2,(H2,19,20,21). The second-order valence-electron chi connectivity index (χ2n) is 6.47. The van der Waals surface area contributed by atoms with Crippen molar-refractivity contribution in [1.29, 1.82) is 0 Å². The van der Waals surface area contributed by atoms with Crippen molar-refractivity contribution in [1.82, 2.24) is 15.6 Å². The van der Waals surface area contributed by atoms with Crippen molar-refractivity contribution in [3.05, 3.63) is 30.1 Å². The van der Waals surface area contributed by atoms with E-state index < -0.39 is 0 Å². The fourth-order valence-corrected chi connectivity index (χ4v) is 3.46. The third kappa shape index (κ3) is 4.45. The normalized spacial score (nSPS) is 25.3. The predicted octanol–water partition coefficient (Wildman–Crippen LogP) is 2.89. The molecule has 2 aliphatic carbocycles. The fourth-order valence-electron chi connectivity index (χ4n) is 3.46. The molecule has 2 saturated carbocycles. The van der Waals surface area contributed by atoms with Crippen LogP contribution in [-0.2, 0) is 6.42 Å². The highest BCUT2D eigenvalue weighted by molar-refractivity contribution is 5.74. The highest BCUT2D eigenvalue weighted by Crippen LogP contribution is 2.43. The Morgan fingerprint density at radius 3 is 2.71 bits per heavy atom. The van der Waals surface area contributed by atoms with Crippen molar-refractivity contribution in [2.45, 2.75) is 51.0 Å². The number of rotatable bonds is 5. The Bertz CT molecular complexity index is 458. The van der Waals surface area contributed by atoms with Crippen molar-refractivity contribution in [2.24, 2.45) is 11.8 Å². The zero-order valence-corrected chi connectivity index (χ0v) is 12.6. The number of amides is 2. The Kier molecular flexibility index (Phi) is 4.73. The largest absolute Gasteiger partial charge is 0.338 e. The number of carbonyl (C=O) groups is 1. The average molecular weight is 287 g/mol. The van der Waals surface area contributed by atoms with E-state index in [1.54, 1.807) is 12.4 Å². The van der Waals surface area contributed by atoms with Gasteiger partial charge in [-0.25, -0.2) is 4.79 Å². The van der Waals surface area contributed by atoms with Crippen LogP contribution in [0, 0.1) is 11.8 Å². The van der Waals surface area contributed by atoms with E-state index in [-0.39, 0.29) is 6.03 Å². The summed E-state index contributed by atoms with van der Waals surface area (Å²) in [5.74, 6) is 1.82. The minimum Gasteiger partial charge on any atom is -0.338 e. The molecule has 2 atom stereocenters. The van der Waals surface area contributed by atoms with Gasteiger partial charge < -0.3 is 10.6 Å². The summed E-state index contributed by atoms with van der Waals surface area (Å²) in [4.78, 5) is 16.0. The minimum absolute atomic E-state index is 0.00879. The molecule has 4 heteroatoms. The van der Waals surface area contributed by atoms with E-state index in [1.807, 2.05) is 12.1 Å². The molecule has 0 saturated heterocycles. The predicted molar refractivity (Wildman–Crippen MR) is 82.9 cm³/mol. The monoisotopic (exact) mass is 287 g/mol. The van der Waals surface area contributed by atoms with Crippen molar-refractivity contribution in [3.8, 4) is 0 Å². The molecule has 1 heterocycles. The summed E-state index contributed by atoms with van der Waals surface area (Å²) in [5, 5.41) is 6.12. The van der Waals surface area contributed by atoms with E-state index in [1.165, 1.54) is 37.7 Å². The zero-order chi connectivity index (χ0) is 14.5. The number of pyridine rings is 1. The Hall–Kier alpha value is -1.58. The molecule has 0 bridgehead atoms. The van der Waals surface area contributed by atoms with Crippen molar-refractivity contribution in [2.75, 3.05) is 6.54 Å². The van der Waals surface area contributed by atoms with Gasteiger partial charge >= 0.3 is 6.03 Å². The van der Waals surface area contributed by atoms with E-state index in [4.69, 9.17) is 0 Å². The summed E-state index contributed by atoms with van der Waals surface area (Å²) in [5.41, 5.74) is 1.21. The maximum atomic E-state index is 12.0. The van der Waals surface area contributed by atoms with E-state index >= 15 is 0 Å². The summed E-state index contributed by atoms with van der Waals surface area (Å²) in [6, 6.07) is 4.35. The maximum Gasteiger partial charge on any atom is 0.315 e. The first-order valence-corrected chi connectivity index (χ1v) is 8.24. The minimum atomic E-state index is -0.00879. The van der Waals surface area contributed by atoms with Crippen molar-refractivity contribution < 1.29 is 4.79 Å². The lowest BCUT2D eigenvalue weighted by atomic mass is 9.83. The lowest BCUT2D eigenvalue weighted by Gasteiger charge is -2.29. The summed E-state index contributed by atoms with van der Waals surface area (Å²) >= 11 is 0. The number of nitrogens with one attached hydrogen (secondary N) is 2. The molecule has 3 rings (SSSR count). The second kappa shape index (κ2) is 6.92. The van der Waals surface area contributed by atoms with Gasteiger partial charge in [-0.2, -0.15) is 0 Å². The van der Waals surface area contributed by atoms with Gasteiger partial charge in [-0.3, -0.25) is 4.98 Å². The molecule has 0 radical (unpaired) electrons. The maximum absolute atomic E-state index is 12.0. The molecule has 21 heavy (non-hydrogen) atoms. The molecule has 0 aliphatic heterocycles. The first-order valence-electron chi connectivity index (χ1n) is 8.24. The summed E-state index contributed by atoms with van der Waals surface area (Å²) in [6.45, 7) is 0.675. The van der Waals surface area contributed by atoms with Gasteiger partial charge in [0.2, 0.25) is 0 Å². The highest BCUT2D eigenvalue weighted by atomic mass is 16.2. The van der Waals surface area contributed by atoms with Gasteiger partial charge in [0.05, 0.1) is 0 Å². The van der Waals surface area contributed by atoms with Crippen molar-refractivity contribution in [3.63, 3.8) is 0 Å². The van der Waals surface area contributed by atoms with Crippen molar-refractivity contribution >= 4 is 6.03 Å². The van der Waals surface area contributed by atoms with Crippen LogP contribution in [-0.4, -0.2) is 23.6 Å². The fraction of sp³-hybridized carbons (Fsp3) is 0.647. The quantitative estimate of drug-likeness (QED) is 0.875. The molecule has 114 valence electrons. The van der Waals surface area contributed by atoms with Gasteiger partial charge in [0.25, 0.3) is 0 Å².